The van der Waals surface area contributed by atoms with Crippen LogP contribution in [0.5, 0.6) is 0 Å². The molecule has 0 fully saturated rings. The molecule has 0 heterocycles. The molecule has 0 aromatic carbocycles. The van der Waals surface area contributed by atoms with E-state index in [9.17, 15) is 0 Å². The van der Waals surface area contributed by atoms with Crippen molar-refractivity contribution in [2.45, 2.75) is 53.2 Å². The third kappa shape index (κ3) is 6.46. The predicted octanol–water partition coefficient (Wildman–Crippen LogP) is 3.62. The second-order valence-corrected chi connectivity index (χ2v) is 3.88. The highest BCUT2D eigenvalue weighted by molar-refractivity contribution is 6.35. The van der Waals surface area contributed by atoms with Crippen LogP contribution in [-0.2, 0) is 0 Å². The molecule has 0 nitrogen and oxygen atoms in total. The lowest BCUT2D eigenvalue weighted by atomic mass is 9.67. The predicted molar refractivity (Wildman–Crippen MR) is 54.3 cm³/mol. The molecule has 0 N–H and O–H groups in total. The Kier molecular flexibility index (Phi) is 6.80. The van der Waals surface area contributed by atoms with E-state index in [4.69, 9.17) is 0 Å². The van der Waals surface area contributed by atoms with Gasteiger partial charge in [0.15, 0.2) is 0 Å². The summed E-state index contributed by atoms with van der Waals surface area (Å²) >= 11 is 0. The zero-order chi connectivity index (χ0) is 8.69. The normalized spacial score (nSPS) is 13.5. The molecule has 0 aliphatic carbocycles. The minimum atomic E-state index is 0.852. The first kappa shape index (κ1) is 11.1. The summed E-state index contributed by atoms with van der Waals surface area (Å²) in [5.41, 5.74) is 0. The van der Waals surface area contributed by atoms with Crippen molar-refractivity contribution in [3.8, 4) is 0 Å². The fraction of sp³-hybridized carbons (Fsp3) is 1.00. The quantitative estimate of drug-likeness (QED) is 0.403. The highest BCUT2D eigenvalue weighted by atomic mass is 14.1. The largest absolute Gasteiger partial charge is 0.109 e. The fourth-order valence-corrected chi connectivity index (χ4v) is 1.06. The van der Waals surface area contributed by atoms with Crippen molar-refractivity contribution in [3.05, 3.63) is 0 Å². The van der Waals surface area contributed by atoms with Crippen molar-refractivity contribution < 1.29 is 0 Å². The highest BCUT2D eigenvalue weighted by Gasteiger charge is 2.05. The first-order valence-electron chi connectivity index (χ1n) is 5.00. The maximum Gasteiger partial charge on any atom is 0.109 e. The summed E-state index contributed by atoms with van der Waals surface area (Å²) in [7, 11) is 2.43. The summed E-state index contributed by atoms with van der Waals surface area (Å²) in [5, 5.41) is 0. The van der Waals surface area contributed by atoms with Crippen molar-refractivity contribution >= 4 is 7.28 Å². The van der Waals surface area contributed by atoms with Crippen LogP contribution in [0.25, 0.3) is 0 Å². The number of hydrogen-bond acceptors (Lipinski definition) is 0. The van der Waals surface area contributed by atoms with Gasteiger partial charge >= 0.3 is 0 Å². The molecule has 1 unspecified atom stereocenters. The molecule has 65 valence electrons. The van der Waals surface area contributed by atoms with Crippen LogP contribution in [-0.4, -0.2) is 7.28 Å². The van der Waals surface area contributed by atoms with E-state index in [1.54, 1.807) is 0 Å². The summed E-state index contributed by atoms with van der Waals surface area (Å²) in [6.07, 6.45) is 5.28. The topological polar surface area (TPSA) is 0 Å². The number of rotatable bonds is 6. The van der Waals surface area contributed by atoms with Crippen LogP contribution in [0.15, 0.2) is 0 Å². The van der Waals surface area contributed by atoms with Gasteiger partial charge in [0.2, 0.25) is 0 Å². The first-order valence-corrected chi connectivity index (χ1v) is 5.00. The SMILES string of the molecule is CCC[B]CCC(C)C(C)C. The van der Waals surface area contributed by atoms with E-state index in [0.29, 0.717) is 0 Å². The first-order chi connectivity index (χ1) is 5.18. The van der Waals surface area contributed by atoms with Gasteiger partial charge in [-0.1, -0.05) is 53.2 Å². The minimum Gasteiger partial charge on any atom is -0.0806 e. The Bertz CT molecular complexity index is 78.9. The second kappa shape index (κ2) is 6.76. The van der Waals surface area contributed by atoms with E-state index in [0.717, 1.165) is 11.8 Å². The average molecular weight is 153 g/mol. The van der Waals surface area contributed by atoms with Gasteiger partial charge in [-0.05, 0) is 11.8 Å². The molecule has 0 rings (SSSR count). The molecule has 1 heteroatoms. The zero-order valence-corrected chi connectivity index (χ0v) is 8.56. The minimum absolute atomic E-state index is 0.852. The Labute approximate surface area is 73.0 Å². The van der Waals surface area contributed by atoms with Gasteiger partial charge in [-0.3, -0.25) is 0 Å². The Morgan fingerprint density at radius 3 is 2.18 bits per heavy atom. The van der Waals surface area contributed by atoms with E-state index < -0.39 is 0 Å². The lowest BCUT2D eigenvalue weighted by Crippen LogP contribution is -2.04. The molecular formula is C10H22B. The van der Waals surface area contributed by atoms with E-state index in [1.807, 2.05) is 0 Å². The molecule has 0 amide bonds. The van der Waals surface area contributed by atoms with Crippen molar-refractivity contribution in [2.75, 3.05) is 0 Å². The Morgan fingerprint density at radius 2 is 1.73 bits per heavy atom. The van der Waals surface area contributed by atoms with E-state index in [2.05, 4.69) is 35.0 Å². The van der Waals surface area contributed by atoms with Gasteiger partial charge in [-0.2, -0.15) is 0 Å². The van der Waals surface area contributed by atoms with Gasteiger partial charge in [0, 0.05) is 0 Å². The lowest BCUT2D eigenvalue weighted by molar-refractivity contribution is 0.407. The Hall–Kier alpha value is 0.0649. The summed E-state index contributed by atoms with van der Waals surface area (Å²) in [5.74, 6) is 1.74. The van der Waals surface area contributed by atoms with Gasteiger partial charge < -0.3 is 0 Å². The Morgan fingerprint density at radius 1 is 1.09 bits per heavy atom. The standard InChI is InChI=1S/C10H22B/c1-5-7-11-8-6-10(4)9(2)3/h9-10H,5-8H2,1-4H3. The lowest BCUT2D eigenvalue weighted by Gasteiger charge is -2.14. The smallest absolute Gasteiger partial charge is 0.0806 e. The number of hydrogen-bond donors (Lipinski definition) is 0. The van der Waals surface area contributed by atoms with Crippen LogP contribution in [0.2, 0.25) is 12.6 Å². The van der Waals surface area contributed by atoms with Crippen molar-refractivity contribution in [1.29, 1.82) is 0 Å². The molecule has 0 saturated carbocycles. The van der Waals surface area contributed by atoms with Crippen LogP contribution in [0.4, 0.5) is 0 Å². The molecule has 0 aliphatic heterocycles. The molecule has 0 aromatic rings. The van der Waals surface area contributed by atoms with Crippen LogP contribution >= 0.6 is 0 Å². The van der Waals surface area contributed by atoms with Crippen LogP contribution in [0.3, 0.4) is 0 Å². The zero-order valence-electron chi connectivity index (χ0n) is 8.56. The molecular weight excluding hydrogens is 131 g/mol. The summed E-state index contributed by atoms with van der Waals surface area (Å²) in [6.45, 7) is 9.21. The third-order valence-electron chi connectivity index (χ3n) is 2.46. The van der Waals surface area contributed by atoms with Gasteiger partial charge in [0.1, 0.15) is 7.28 Å². The molecule has 11 heavy (non-hydrogen) atoms. The van der Waals surface area contributed by atoms with Crippen LogP contribution in [0, 0.1) is 11.8 Å². The van der Waals surface area contributed by atoms with Crippen LogP contribution < -0.4 is 0 Å². The molecule has 0 saturated heterocycles. The maximum atomic E-state index is 2.43. The molecule has 0 spiro atoms. The molecule has 1 radical (unpaired) electrons. The monoisotopic (exact) mass is 153 g/mol. The molecule has 0 bridgehead atoms. The fourth-order valence-electron chi connectivity index (χ4n) is 1.06. The van der Waals surface area contributed by atoms with E-state index in [1.165, 1.54) is 25.5 Å². The molecule has 0 aromatic heterocycles. The van der Waals surface area contributed by atoms with Crippen molar-refractivity contribution in [3.63, 3.8) is 0 Å². The van der Waals surface area contributed by atoms with Crippen LogP contribution in [0.1, 0.15) is 40.5 Å². The summed E-state index contributed by atoms with van der Waals surface area (Å²) < 4.78 is 0. The summed E-state index contributed by atoms with van der Waals surface area (Å²) in [6, 6.07) is 0. The van der Waals surface area contributed by atoms with Gasteiger partial charge in [0.05, 0.1) is 0 Å². The molecule has 1 atom stereocenters. The average Bonchev–Trinajstić information content (AvgIpc) is 1.97. The third-order valence-corrected chi connectivity index (χ3v) is 2.46. The molecule has 0 aliphatic rings. The maximum absolute atomic E-state index is 2.43. The second-order valence-electron chi connectivity index (χ2n) is 3.88. The summed E-state index contributed by atoms with van der Waals surface area (Å²) in [4.78, 5) is 0. The van der Waals surface area contributed by atoms with E-state index >= 15 is 0 Å². The highest BCUT2D eigenvalue weighted by Crippen LogP contribution is 2.16. The van der Waals surface area contributed by atoms with E-state index in [-0.39, 0.29) is 0 Å². The van der Waals surface area contributed by atoms with Crippen molar-refractivity contribution in [2.24, 2.45) is 11.8 Å². The van der Waals surface area contributed by atoms with Gasteiger partial charge in [-0.15, -0.1) is 0 Å². The van der Waals surface area contributed by atoms with Gasteiger partial charge in [-0.25, -0.2) is 0 Å². The van der Waals surface area contributed by atoms with Gasteiger partial charge in [0.25, 0.3) is 0 Å². The van der Waals surface area contributed by atoms with Crippen molar-refractivity contribution in [1.82, 2.24) is 0 Å². The Balaban J connectivity index is 3.10.